The Hall–Kier alpha value is -0.870. The number of aromatic nitrogens is 2. The van der Waals surface area contributed by atoms with Gasteiger partial charge < -0.3 is 10.1 Å². The second kappa shape index (κ2) is 4.78. The van der Waals surface area contributed by atoms with Crippen LogP contribution in [0.3, 0.4) is 0 Å². The maximum atomic E-state index is 5.99. The summed E-state index contributed by atoms with van der Waals surface area (Å²) in [5, 5.41) is 3.81. The van der Waals surface area contributed by atoms with Gasteiger partial charge in [0.2, 0.25) is 0 Å². The number of hydrogen-bond donors (Lipinski definition) is 1. The van der Waals surface area contributed by atoms with Crippen molar-refractivity contribution in [3.05, 3.63) is 17.0 Å². The molecule has 0 bridgehead atoms. The van der Waals surface area contributed by atoms with Gasteiger partial charge in [0.05, 0.1) is 6.10 Å². The van der Waals surface area contributed by atoms with E-state index in [1.165, 1.54) is 12.8 Å². The second-order valence-corrected chi connectivity index (χ2v) is 5.11. The van der Waals surface area contributed by atoms with Crippen LogP contribution in [0, 0.1) is 0 Å². The van der Waals surface area contributed by atoms with Crippen LogP contribution in [0.15, 0.2) is 6.07 Å². The molecule has 0 unspecified atom stereocenters. The van der Waals surface area contributed by atoms with Gasteiger partial charge in [0.1, 0.15) is 16.8 Å². The van der Waals surface area contributed by atoms with E-state index in [0.717, 1.165) is 37.6 Å². The Bertz CT molecular complexity index is 403. The molecule has 5 heteroatoms. The van der Waals surface area contributed by atoms with Crippen molar-refractivity contribution in [1.82, 2.24) is 9.97 Å². The molecular formula is C12H16ClN3O. The lowest BCUT2D eigenvalue weighted by Gasteiger charge is -2.12. The highest BCUT2D eigenvalue weighted by molar-refractivity contribution is 6.29. The van der Waals surface area contributed by atoms with Crippen LogP contribution in [0.25, 0.3) is 0 Å². The van der Waals surface area contributed by atoms with Gasteiger partial charge in [-0.2, -0.15) is 0 Å². The van der Waals surface area contributed by atoms with Gasteiger partial charge in [-0.1, -0.05) is 11.6 Å². The molecule has 92 valence electrons. The molecule has 1 saturated heterocycles. The summed E-state index contributed by atoms with van der Waals surface area (Å²) < 4.78 is 5.56. The van der Waals surface area contributed by atoms with E-state index in [4.69, 9.17) is 16.3 Å². The average Bonchev–Trinajstić information content (AvgIpc) is 3.04. The number of hydrogen-bond acceptors (Lipinski definition) is 4. The van der Waals surface area contributed by atoms with Crippen molar-refractivity contribution in [1.29, 1.82) is 0 Å². The fourth-order valence-electron chi connectivity index (χ4n) is 2.07. The van der Waals surface area contributed by atoms with E-state index in [1.807, 2.05) is 0 Å². The van der Waals surface area contributed by atoms with Crippen LogP contribution < -0.4 is 5.32 Å². The molecule has 4 nitrogen and oxygen atoms in total. The molecular weight excluding hydrogens is 238 g/mol. The fraction of sp³-hybridized carbons (Fsp3) is 0.667. The van der Waals surface area contributed by atoms with Crippen LogP contribution in [0.2, 0.25) is 5.15 Å². The van der Waals surface area contributed by atoms with E-state index < -0.39 is 0 Å². The normalized spacial score (nSPS) is 23.9. The van der Waals surface area contributed by atoms with Gasteiger partial charge in [-0.05, 0) is 25.7 Å². The van der Waals surface area contributed by atoms with Crippen LogP contribution in [0.4, 0.5) is 5.82 Å². The topological polar surface area (TPSA) is 47.0 Å². The average molecular weight is 254 g/mol. The first-order valence-electron chi connectivity index (χ1n) is 6.21. The monoisotopic (exact) mass is 253 g/mol. The molecule has 1 aromatic rings. The predicted molar refractivity (Wildman–Crippen MR) is 66.5 cm³/mol. The minimum Gasteiger partial charge on any atom is -0.376 e. The van der Waals surface area contributed by atoms with E-state index in [9.17, 15) is 0 Å². The van der Waals surface area contributed by atoms with Crippen LogP contribution >= 0.6 is 11.6 Å². The zero-order valence-corrected chi connectivity index (χ0v) is 10.4. The molecule has 1 aliphatic carbocycles. The third-order valence-electron chi connectivity index (χ3n) is 3.19. The third-order valence-corrected chi connectivity index (χ3v) is 3.38. The largest absolute Gasteiger partial charge is 0.376 e. The first-order valence-corrected chi connectivity index (χ1v) is 6.59. The molecule has 0 radical (unpaired) electrons. The van der Waals surface area contributed by atoms with E-state index in [1.54, 1.807) is 6.07 Å². The summed E-state index contributed by atoms with van der Waals surface area (Å²) in [5.41, 5.74) is 0. The molecule has 2 heterocycles. The molecule has 1 atom stereocenters. The first kappa shape index (κ1) is 11.2. The van der Waals surface area contributed by atoms with E-state index in [2.05, 4.69) is 15.3 Å². The molecule has 1 aliphatic heterocycles. The van der Waals surface area contributed by atoms with E-state index in [0.29, 0.717) is 17.2 Å². The van der Waals surface area contributed by atoms with E-state index >= 15 is 0 Å². The standard InChI is InChI=1S/C12H16ClN3O/c13-10-6-11(14-7-9-2-1-5-17-9)16-12(15-10)8-3-4-8/h6,8-9H,1-5,7H2,(H,14,15,16)/t9-/m0/s1. The summed E-state index contributed by atoms with van der Waals surface area (Å²) in [4.78, 5) is 8.75. The minimum atomic E-state index is 0.313. The number of rotatable bonds is 4. The Labute approximate surface area is 106 Å². The minimum absolute atomic E-state index is 0.313. The quantitative estimate of drug-likeness (QED) is 0.838. The number of anilines is 1. The maximum absolute atomic E-state index is 5.99. The summed E-state index contributed by atoms with van der Waals surface area (Å²) in [7, 11) is 0. The summed E-state index contributed by atoms with van der Waals surface area (Å²) in [6.07, 6.45) is 4.97. The Kier molecular flexibility index (Phi) is 3.16. The molecule has 2 aliphatic rings. The summed E-state index contributed by atoms with van der Waals surface area (Å²) in [6.45, 7) is 1.68. The lowest BCUT2D eigenvalue weighted by Crippen LogP contribution is -2.19. The van der Waals surface area contributed by atoms with Crippen molar-refractivity contribution < 1.29 is 4.74 Å². The van der Waals surface area contributed by atoms with Crippen molar-refractivity contribution >= 4 is 17.4 Å². The van der Waals surface area contributed by atoms with Gasteiger partial charge >= 0.3 is 0 Å². The Balaban J connectivity index is 1.64. The second-order valence-electron chi connectivity index (χ2n) is 4.72. The summed E-state index contributed by atoms with van der Waals surface area (Å²) in [6, 6.07) is 1.78. The van der Waals surface area contributed by atoms with E-state index in [-0.39, 0.29) is 0 Å². The highest BCUT2D eigenvalue weighted by Gasteiger charge is 2.27. The summed E-state index contributed by atoms with van der Waals surface area (Å²) in [5.74, 6) is 2.23. The van der Waals surface area contributed by atoms with Crippen molar-refractivity contribution in [2.75, 3.05) is 18.5 Å². The predicted octanol–water partition coefficient (Wildman–Crippen LogP) is 2.60. The zero-order chi connectivity index (χ0) is 11.7. The molecule has 17 heavy (non-hydrogen) atoms. The molecule has 1 saturated carbocycles. The molecule has 0 aromatic carbocycles. The number of halogens is 1. The highest BCUT2D eigenvalue weighted by atomic mass is 35.5. The molecule has 1 N–H and O–H groups in total. The van der Waals surface area contributed by atoms with Crippen molar-refractivity contribution in [3.63, 3.8) is 0 Å². The zero-order valence-electron chi connectivity index (χ0n) is 9.66. The lowest BCUT2D eigenvalue weighted by molar-refractivity contribution is 0.120. The molecule has 1 aromatic heterocycles. The highest BCUT2D eigenvalue weighted by Crippen LogP contribution is 2.38. The third kappa shape index (κ3) is 2.87. The Morgan fingerprint density at radius 2 is 2.24 bits per heavy atom. The summed E-state index contributed by atoms with van der Waals surface area (Å²) >= 11 is 5.99. The van der Waals surface area contributed by atoms with Gasteiger partial charge in [-0.25, -0.2) is 9.97 Å². The number of nitrogens with one attached hydrogen (secondary N) is 1. The Morgan fingerprint density at radius 3 is 2.94 bits per heavy atom. The SMILES string of the molecule is Clc1cc(NC[C@@H]2CCCO2)nc(C2CC2)n1. The van der Waals surface area contributed by atoms with Gasteiger partial charge in [0.15, 0.2) is 0 Å². The van der Waals surface area contributed by atoms with Crippen LogP contribution in [0.1, 0.15) is 37.4 Å². The molecule has 2 fully saturated rings. The fourth-order valence-corrected chi connectivity index (χ4v) is 2.26. The maximum Gasteiger partial charge on any atom is 0.135 e. The van der Waals surface area contributed by atoms with Gasteiger partial charge in [0, 0.05) is 25.1 Å². The molecule has 0 spiro atoms. The van der Waals surface area contributed by atoms with Crippen LogP contribution in [-0.2, 0) is 4.74 Å². The first-order chi connectivity index (χ1) is 8.31. The van der Waals surface area contributed by atoms with Crippen LogP contribution in [-0.4, -0.2) is 29.2 Å². The van der Waals surface area contributed by atoms with Crippen molar-refractivity contribution in [2.24, 2.45) is 0 Å². The number of nitrogens with zero attached hydrogens (tertiary/aromatic N) is 2. The smallest absolute Gasteiger partial charge is 0.135 e. The Morgan fingerprint density at radius 1 is 1.35 bits per heavy atom. The van der Waals surface area contributed by atoms with Gasteiger partial charge in [-0.3, -0.25) is 0 Å². The molecule has 3 rings (SSSR count). The lowest BCUT2D eigenvalue weighted by atomic mass is 10.2. The number of ether oxygens (including phenoxy) is 1. The van der Waals surface area contributed by atoms with Crippen molar-refractivity contribution in [3.8, 4) is 0 Å². The van der Waals surface area contributed by atoms with Crippen LogP contribution in [0.5, 0.6) is 0 Å². The van der Waals surface area contributed by atoms with Crippen molar-refractivity contribution in [2.45, 2.75) is 37.7 Å². The van der Waals surface area contributed by atoms with Gasteiger partial charge in [0.25, 0.3) is 0 Å². The van der Waals surface area contributed by atoms with Gasteiger partial charge in [-0.15, -0.1) is 0 Å². The molecule has 0 amide bonds.